The van der Waals surface area contributed by atoms with Gasteiger partial charge in [-0.15, -0.1) is 0 Å². The maximum atomic E-state index is 12.0. The van der Waals surface area contributed by atoms with E-state index in [0.29, 0.717) is 16.8 Å². The van der Waals surface area contributed by atoms with Crippen molar-refractivity contribution in [1.29, 1.82) is 0 Å². The molecule has 0 heterocycles. The summed E-state index contributed by atoms with van der Waals surface area (Å²) < 4.78 is 5.03. The van der Waals surface area contributed by atoms with Crippen molar-refractivity contribution in [3.63, 3.8) is 0 Å². The Morgan fingerprint density at radius 1 is 0.958 bits per heavy atom. The number of rotatable bonds is 5. The molecule has 124 valence electrons. The summed E-state index contributed by atoms with van der Waals surface area (Å²) in [6.45, 7) is 4.83. The van der Waals surface area contributed by atoms with Crippen LogP contribution in [0.3, 0.4) is 0 Å². The number of ketones is 1. The molecule has 2 aromatic rings. The Morgan fingerprint density at radius 2 is 1.62 bits per heavy atom. The zero-order valence-corrected chi connectivity index (χ0v) is 13.9. The van der Waals surface area contributed by atoms with Crippen molar-refractivity contribution in [2.75, 3.05) is 11.9 Å². The number of amides is 1. The van der Waals surface area contributed by atoms with Gasteiger partial charge in [-0.1, -0.05) is 29.3 Å². The van der Waals surface area contributed by atoms with Crippen molar-refractivity contribution in [3.05, 3.63) is 64.7 Å². The van der Waals surface area contributed by atoms with E-state index in [4.69, 9.17) is 4.74 Å². The second-order valence-corrected chi connectivity index (χ2v) is 5.64. The Morgan fingerprint density at radius 3 is 2.25 bits per heavy atom. The molecule has 5 heteroatoms. The van der Waals surface area contributed by atoms with Crippen LogP contribution in [0.1, 0.15) is 38.8 Å². The molecule has 0 aromatic heterocycles. The van der Waals surface area contributed by atoms with Gasteiger partial charge in [-0.25, -0.2) is 4.79 Å². The third-order valence-electron chi connectivity index (χ3n) is 3.34. The van der Waals surface area contributed by atoms with Gasteiger partial charge in [0.05, 0.1) is 5.56 Å². The zero-order chi connectivity index (χ0) is 17.7. The highest BCUT2D eigenvalue weighted by Gasteiger charge is 2.11. The van der Waals surface area contributed by atoms with Crippen LogP contribution in [-0.4, -0.2) is 24.3 Å². The van der Waals surface area contributed by atoms with Crippen molar-refractivity contribution in [3.8, 4) is 0 Å². The van der Waals surface area contributed by atoms with E-state index in [1.165, 1.54) is 6.92 Å². The third-order valence-corrected chi connectivity index (χ3v) is 3.34. The molecular formula is C19H19NO4. The first-order valence-electron chi connectivity index (χ1n) is 7.51. The maximum absolute atomic E-state index is 12.0. The van der Waals surface area contributed by atoms with Crippen LogP contribution in [0.4, 0.5) is 5.69 Å². The number of nitrogens with one attached hydrogen (secondary N) is 1. The van der Waals surface area contributed by atoms with Crippen molar-refractivity contribution in [2.24, 2.45) is 0 Å². The first-order valence-corrected chi connectivity index (χ1v) is 7.51. The van der Waals surface area contributed by atoms with Crippen molar-refractivity contribution < 1.29 is 19.1 Å². The normalized spacial score (nSPS) is 10.1. The summed E-state index contributed by atoms with van der Waals surface area (Å²) in [6, 6.07) is 12.0. The lowest BCUT2D eigenvalue weighted by Gasteiger charge is -2.08. The minimum Gasteiger partial charge on any atom is -0.452 e. The maximum Gasteiger partial charge on any atom is 0.338 e. The number of carbonyl (C=O) groups is 3. The fourth-order valence-electron chi connectivity index (χ4n) is 2.32. The summed E-state index contributed by atoms with van der Waals surface area (Å²) in [5.41, 5.74) is 3.30. The second-order valence-electron chi connectivity index (χ2n) is 5.64. The van der Waals surface area contributed by atoms with E-state index in [2.05, 4.69) is 5.32 Å². The average molecular weight is 325 g/mol. The van der Waals surface area contributed by atoms with E-state index in [9.17, 15) is 14.4 Å². The first-order chi connectivity index (χ1) is 11.3. The summed E-state index contributed by atoms with van der Waals surface area (Å²) in [5.74, 6) is -1.10. The molecule has 0 aliphatic carbocycles. The minimum absolute atomic E-state index is 0.0904. The minimum atomic E-state index is -0.547. The van der Waals surface area contributed by atoms with Gasteiger partial charge in [0.25, 0.3) is 5.91 Å². The number of benzene rings is 2. The van der Waals surface area contributed by atoms with Gasteiger partial charge >= 0.3 is 5.97 Å². The van der Waals surface area contributed by atoms with E-state index < -0.39 is 18.5 Å². The highest BCUT2D eigenvalue weighted by molar-refractivity contribution is 5.98. The molecule has 0 unspecified atom stereocenters. The second kappa shape index (κ2) is 7.55. The van der Waals surface area contributed by atoms with Gasteiger partial charge in [0.15, 0.2) is 12.4 Å². The highest BCUT2D eigenvalue weighted by Crippen LogP contribution is 2.12. The summed E-state index contributed by atoms with van der Waals surface area (Å²) in [6.07, 6.45) is 0. The molecule has 0 atom stereocenters. The molecule has 1 N–H and O–H groups in total. The number of hydrogen-bond acceptors (Lipinski definition) is 4. The summed E-state index contributed by atoms with van der Waals surface area (Å²) in [5, 5.41) is 2.60. The summed E-state index contributed by atoms with van der Waals surface area (Å²) in [7, 11) is 0. The molecule has 0 fully saturated rings. The predicted octanol–water partition coefficient (Wildman–Crippen LogP) is 3.30. The fraction of sp³-hybridized carbons (Fsp3) is 0.211. The number of Topliss-reactive ketones (excluding diaryl/α,β-unsaturated/α-hetero) is 1. The summed E-state index contributed by atoms with van der Waals surface area (Å²) in [4.78, 5) is 35.2. The molecule has 0 aliphatic rings. The third kappa shape index (κ3) is 4.78. The Labute approximate surface area is 140 Å². The van der Waals surface area contributed by atoms with E-state index in [0.717, 1.165) is 11.1 Å². The average Bonchev–Trinajstić information content (AvgIpc) is 2.52. The number of hydrogen-bond donors (Lipinski definition) is 1. The SMILES string of the molecule is CC(=O)c1cccc(NC(=O)COC(=O)c2cc(C)cc(C)c2)c1. The zero-order valence-electron chi connectivity index (χ0n) is 13.9. The monoisotopic (exact) mass is 325 g/mol. The Hall–Kier alpha value is -2.95. The van der Waals surface area contributed by atoms with Crippen LogP contribution in [0.2, 0.25) is 0 Å². The Kier molecular flexibility index (Phi) is 5.47. The lowest BCUT2D eigenvalue weighted by molar-refractivity contribution is -0.119. The van der Waals surface area contributed by atoms with E-state index in [1.807, 2.05) is 19.9 Å². The molecule has 0 bridgehead atoms. The van der Waals surface area contributed by atoms with Crippen LogP contribution in [-0.2, 0) is 9.53 Å². The van der Waals surface area contributed by atoms with Crippen LogP contribution in [0.5, 0.6) is 0 Å². The molecule has 0 radical (unpaired) electrons. The lowest BCUT2D eigenvalue weighted by Crippen LogP contribution is -2.21. The van der Waals surface area contributed by atoms with Gasteiger partial charge < -0.3 is 10.1 Å². The lowest BCUT2D eigenvalue weighted by atomic mass is 10.1. The van der Waals surface area contributed by atoms with Gasteiger partial charge in [-0.05, 0) is 45.0 Å². The van der Waals surface area contributed by atoms with E-state index in [-0.39, 0.29) is 5.78 Å². The quantitative estimate of drug-likeness (QED) is 0.676. The van der Waals surface area contributed by atoms with Gasteiger partial charge in [0.2, 0.25) is 0 Å². The predicted molar refractivity (Wildman–Crippen MR) is 91.3 cm³/mol. The molecule has 2 aromatic carbocycles. The van der Waals surface area contributed by atoms with E-state index >= 15 is 0 Å². The number of esters is 1. The Balaban J connectivity index is 1.94. The van der Waals surface area contributed by atoms with Crippen LogP contribution in [0.25, 0.3) is 0 Å². The van der Waals surface area contributed by atoms with Crippen molar-refractivity contribution >= 4 is 23.3 Å². The fourth-order valence-corrected chi connectivity index (χ4v) is 2.32. The molecule has 0 spiro atoms. The van der Waals surface area contributed by atoms with Crippen LogP contribution < -0.4 is 5.32 Å². The standard InChI is InChI=1S/C19H19NO4/c1-12-7-13(2)9-16(8-12)19(23)24-11-18(22)20-17-6-4-5-15(10-17)14(3)21/h4-10H,11H2,1-3H3,(H,20,22). The molecule has 0 saturated heterocycles. The largest absolute Gasteiger partial charge is 0.452 e. The van der Waals surface area contributed by atoms with Gasteiger partial charge in [-0.3, -0.25) is 9.59 Å². The van der Waals surface area contributed by atoms with Gasteiger partial charge in [-0.2, -0.15) is 0 Å². The van der Waals surface area contributed by atoms with Gasteiger partial charge in [0.1, 0.15) is 0 Å². The molecule has 24 heavy (non-hydrogen) atoms. The van der Waals surface area contributed by atoms with Crippen LogP contribution in [0.15, 0.2) is 42.5 Å². The number of ether oxygens (including phenoxy) is 1. The molecule has 2 rings (SSSR count). The molecule has 1 amide bonds. The first kappa shape index (κ1) is 17.4. The van der Waals surface area contributed by atoms with Crippen LogP contribution in [0, 0.1) is 13.8 Å². The number of carbonyl (C=O) groups excluding carboxylic acids is 3. The Bertz CT molecular complexity index is 775. The van der Waals surface area contributed by atoms with Gasteiger partial charge in [0, 0.05) is 11.3 Å². The summed E-state index contributed by atoms with van der Waals surface area (Å²) >= 11 is 0. The highest BCUT2D eigenvalue weighted by atomic mass is 16.5. The van der Waals surface area contributed by atoms with Crippen molar-refractivity contribution in [1.82, 2.24) is 0 Å². The molecule has 0 saturated carbocycles. The molecule has 5 nitrogen and oxygen atoms in total. The molecule has 0 aliphatic heterocycles. The van der Waals surface area contributed by atoms with Crippen LogP contribution >= 0.6 is 0 Å². The topological polar surface area (TPSA) is 72.5 Å². The van der Waals surface area contributed by atoms with Crippen molar-refractivity contribution in [2.45, 2.75) is 20.8 Å². The van der Waals surface area contributed by atoms with E-state index in [1.54, 1.807) is 36.4 Å². The smallest absolute Gasteiger partial charge is 0.338 e. The number of aryl methyl sites for hydroxylation is 2. The molecular weight excluding hydrogens is 306 g/mol. The number of anilines is 1.